The van der Waals surface area contributed by atoms with Gasteiger partial charge in [0.2, 0.25) is 0 Å². The molecule has 0 saturated heterocycles. The number of nitrogens with zero attached hydrogens (tertiary/aromatic N) is 3. The molecule has 0 aromatic carbocycles. The van der Waals surface area contributed by atoms with Gasteiger partial charge in [0.05, 0.1) is 5.56 Å². The van der Waals surface area contributed by atoms with Crippen LogP contribution in [-0.2, 0) is 7.05 Å². The highest BCUT2D eigenvalue weighted by Crippen LogP contribution is 2.19. The highest BCUT2D eigenvalue weighted by molar-refractivity contribution is 7.13. The van der Waals surface area contributed by atoms with Crippen LogP contribution in [0.2, 0.25) is 0 Å². The van der Waals surface area contributed by atoms with Crippen LogP contribution in [0.5, 0.6) is 0 Å². The SMILES string of the molecule is Cc1csc(-c2cnc(C)n(C)c2=O)n1. The molecule has 4 nitrogen and oxygen atoms in total. The third kappa shape index (κ3) is 1.70. The van der Waals surface area contributed by atoms with E-state index in [1.165, 1.54) is 15.9 Å². The average Bonchev–Trinajstić information content (AvgIpc) is 2.61. The van der Waals surface area contributed by atoms with Crippen LogP contribution >= 0.6 is 11.3 Å². The fourth-order valence-electron chi connectivity index (χ4n) is 1.25. The van der Waals surface area contributed by atoms with Gasteiger partial charge in [-0.3, -0.25) is 9.36 Å². The number of aryl methyl sites for hydroxylation is 2. The van der Waals surface area contributed by atoms with E-state index in [0.29, 0.717) is 11.4 Å². The molecule has 0 bridgehead atoms. The van der Waals surface area contributed by atoms with Crippen molar-refractivity contribution in [3.63, 3.8) is 0 Å². The fraction of sp³-hybridized carbons (Fsp3) is 0.300. The molecule has 2 heterocycles. The van der Waals surface area contributed by atoms with Crippen molar-refractivity contribution in [3.05, 3.63) is 33.4 Å². The van der Waals surface area contributed by atoms with Gasteiger partial charge < -0.3 is 0 Å². The minimum atomic E-state index is -0.0446. The predicted octanol–water partition coefficient (Wildman–Crippen LogP) is 1.52. The quantitative estimate of drug-likeness (QED) is 0.733. The van der Waals surface area contributed by atoms with Crippen LogP contribution in [0.25, 0.3) is 10.6 Å². The molecule has 2 aromatic heterocycles. The molecule has 0 atom stereocenters. The third-order valence-corrected chi connectivity index (χ3v) is 3.24. The second-order valence-corrected chi connectivity index (χ2v) is 4.24. The second kappa shape index (κ2) is 3.58. The van der Waals surface area contributed by atoms with Gasteiger partial charge in [0, 0.05) is 24.3 Å². The summed E-state index contributed by atoms with van der Waals surface area (Å²) in [6.07, 6.45) is 1.59. The minimum Gasteiger partial charge on any atom is -0.299 e. The van der Waals surface area contributed by atoms with Gasteiger partial charge in [-0.1, -0.05) is 0 Å². The van der Waals surface area contributed by atoms with E-state index in [2.05, 4.69) is 9.97 Å². The van der Waals surface area contributed by atoms with Crippen LogP contribution in [0.15, 0.2) is 16.4 Å². The highest BCUT2D eigenvalue weighted by Gasteiger charge is 2.09. The number of thiazole rings is 1. The predicted molar refractivity (Wildman–Crippen MR) is 60.1 cm³/mol. The maximum absolute atomic E-state index is 11.9. The van der Waals surface area contributed by atoms with Gasteiger partial charge in [-0.2, -0.15) is 0 Å². The molecule has 2 aromatic rings. The molecule has 0 aliphatic carbocycles. The van der Waals surface area contributed by atoms with Crippen LogP contribution in [0.1, 0.15) is 11.5 Å². The van der Waals surface area contributed by atoms with E-state index in [1.54, 1.807) is 20.2 Å². The molecule has 0 aliphatic rings. The van der Waals surface area contributed by atoms with Crippen molar-refractivity contribution in [2.45, 2.75) is 13.8 Å². The molecule has 0 aliphatic heterocycles. The molecule has 0 amide bonds. The van der Waals surface area contributed by atoms with Crippen molar-refractivity contribution in [2.24, 2.45) is 7.05 Å². The van der Waals surface area contributed by atoms with Crippen molar-refractivity contribution in [2.75, 3.05) is 0 Å². The summed E-state index contributed by atoms with van der Waals surface area (Å²) in [4.78, 5) is 20.3. The first-order valence-corrected chi connectivity index (χ1v) is 5.42. The van der Waals surface area contributed by atoms with Crippen LogP contribution in [0.3, 0.4) is 0 Å². The van der Waals surface area contributed by atoms with Crippen LogP contribution in [0.4, 0.5) is 0 Å². The molecule has 5 heteroatoms. The molecule has 0 saturated carbocycles. The lowest BCUT2D eigenvalue weighted by atomic mass is 10.3. The molecule has 0 unspecified atom stereocenters. The Morgan fingerprint density at radius 1 is 1.40 bits per heavy atom. The van der Waals surface area contributed by atoms with Crippen LogP contribution in [-0.4, -0.2) is 14.5 Å². The van der Waals surface area contributed by atoms with E-state index in [0.717, 1.165) is 10.7 Å². The maximum atomic E-state index is 11.9. The minimum absolute atomic E-state index is 0.0446. The van der Waals surface area contributed by atoms with E-state index in [-0.39, 0.29) is 5.56 Å². The fourth-order valence-corrected chi connectivity index (χ4v) is 2.05. The zero-order valence-electron chi connectivity index (χ0n) is 8.81. The van der Waals surface area contributed by atoms with E-state index >= 15 is 0 Å². The Morgan fingerprint density at radius 2 is 2.13 bits per heavy atom. The summed E-state index contributed by atoms with van der Waals surface area (Å²) >= 11 is 1.47. The van der Waals surface area contributed by atoms with Crippen molar-refractivity contribution >= 4 is 11.3 Å². The lowest BCUT2D eigenvalue weighted by Gasteiger charge is -2.03. The van der Waals surface area contributed by atoms with E-state index < -0.39 is 0 Å². The van der Waals surface area contributed by atoms with Gasteiger partial charge in [0.15, 0.2) is 0 Å². The summed E-state index contributed by atoms with van der Waals surface area (Å²) < 4.78 is 1.53. The summed E-state index contributed by atoms with van der Waals surface area (Å²) in [5, 5.41) is 2.66. The molecular weight excluding hydrogens is 210 g/mol. The van der Waals surface area contributed by atoms with E-state index in [1.807, 2.05) is 12.3 Å². The van der Waals surface area contributed by atoms with Gasteiger partial charge in [-0.25, -0.2) is 9.97 Å². The highest BCUT2D eigenvalue weighted by atomic mass is 32.1. The molecule has 78 valence electrons. The Morgan fingerprint density at radius 3 is 2.73 bits per heavy atom. The maximum Gasteiger partial charge on any atom is 0.263 e. The number of rotatable bonds is 1. The molecule has 15 heavy (non-hydrogen) atoms. The first-order chi connectivity index (χ1) is 7.09. The summed E-state index contributed by atoms with van der Waals surface area (Å²) in [7, 11) is 1.72. The number of hydrogen-bond acceptors (Lipinski definition) is 4. The third-order valence-electron chi connectivity index (χ3n) is 2.25. The average molecular weight is 221 g/mol. The molecule has 0 N–H and O–H groups in total. The summed E-state index contributed by atoms with van der Waals surface area (Å²) in [6.45, 7) is 3.71. The molecule has 0 radical (unpaired) electrons. The van der Waals surface area contributed by atoms with Gasteiger partial charge in [0.1, 0.15) is 10.8 Å². The lowest BCUT2D eigenvalue weighted by Crippen LogP contribution is -2.21. The largest absolute Gasteiger partial charge is 0.299 e. The van der Waals surface area contributed by atoms with Gasteiger partial charge >= 0.3 is 0 Å². The molecule has 0 spiro atoms. The van der Waals surface area contributed by atoms with Crippen molar-refractivity contribution in [1.82, 2.24) is 14.5 Å². The molecule has 0 fully saturated rings. The Hall–Kier alpha value is -1.49. The summed E-state index contributed by atoms with van der Waals surface area (Å²) in [6, 6.07) is 0. The summed E-state index contributed by atoms with van der Waals surface area (Å²) in [5.74, 6) is 0.706. The van der Waals surface area contributed by atoms with E-state index in [4.69, 9.17) is 0 Å². The Bertz CT molecular complexity index is 556. The van der Waals surface area contributed by atoms with Crippen molar-refractivity contribution in [3.8, 4) is 10.6 Å². The van der Waals surface area contributed by atoms with Crippen molar-refractivity contribution < 1.29 is 0 Å². The van der Waals surface area contributed by atoms with Crippen LogP contribution < -0.4 is 5.56 Å². The lowest BCUT2D eigenvalue weighted by molar-refractivity contribution is 0.777. The normalized spacial score (nSPS) is 10.6. The molecule has 2 rings (SSSR count). The Labute approximate surface area is 91.3 Å². The number of aromatic nitrogens is 3. The smallest absolute Gasteiger partial charge is 0.263 e. The standard InChI is InChI=1S/C10H11N3OS/c1-6-5-15-9(12-6)8-4-11-7(2)13(3)10(8)14/h4-5H,1-3H3. The van der Waals surface area contributed by atoms with Gasteiger partial charge in [0.25, 0.3) is 5.56 Å². The van der Waals surface area contributed by atoms with Crippen molar-refractivity contribution in [1.29, 1.82) is 0 Å². The van der Waals surface area contributed by atoms with Gasteiger partial charge in [-0.15, -0.1) is 11.3 Å². The monoisotopic (exact) mass is 221 g/mol. The van der Waals surface area contributed by atoms with E-state index in [9.17, 15) is 4.79 Å². The second-order valence-electron chi connectivity index (χ2n) is 3.38. The zero-order valence-corrected chi connectivity index (χ0v) is 9.63. The Balaban J connectivity index is 2.65. The topological polar surface area (TPSA) is 47.8 Å². The Kier molecular flexibility index (Phi) is 2.40. The van der Waals surface area contributed by atoms with Gasteiger partial charge in [-0.05, 0) is 13.8 Å². The van der Waals surface area contributed by atoms with Crippen LogP contribution in [0, 0.1) is 13.8 Å². The zero-order chi connectivity index (χ0) is 11.0. The summed E-state index contributed by atoms with van der Waals surface area (Å²) in [5.41, 5.74) is 1.45. The first-order valence-electron chi connectivity index (χ1n) is 4.54. The number of hydrogen-bond donors (Lipinski definition) is 0. The first kappa shape index (κ1) is 10.0. The molecular formula is C10H11N3OS.